The molecular weight excluding hydrogens is 304 g/mol. The van der Waals surface area contributed by atoms with E-state index in [1.165, 1.54) is 6.33 Å². The molecule has 2 aromatic rings. The fourth-order valence-electron chi connectivity index (χ4n) is 3.99. The first-order valence-electron chi connectivity index (χ1n) is 8.43. The highest BCUT2D eigenvalue weighted by molar-refractivity contribution is 5.99. The van der Waals surface area contributed by atoms with E-state index in [0.717, 1.165) is 57.0 Å². The molecule has 0 saturated carbocycles. The summed E-state index contributed by atoms with van der Waals surface area (Å²) < 4.78 is 2.05. The normalized spacial score (nSPS) is 24.9. The molecule has 1 unspecified atom stereocenters. The lowest BCUT2D eigenvalue weighted by molar-refractivity contribution is -0.128. The fourth-order valence-corrected chi connectivity index (χ4v) is 3.99. The van der Waals surface area contributed by atoms with E-state index in [1.807, 2.05) is 28.9 Å². The fraction of sp³-hybridized carbons (Fsp3) is 0.529. The van der Waals surface area contributed by atoms with Crippen molar-refractivity contribution in [3.05, 3.63) is 36.9 Å². The molecule has 2 aliphatic rings. The molecule has 1 atom stereocenters. The Labute approximate surface area is 141 Å². The molecule has 2 fully saturated rings. The minimum absolute atomic E-state index is 0.224. The Bertz CT molecular complexity index is 730. The minimum atomic E-state index is -0.265. The van der Waals surface area contributed by atoms with E-state index in [9.17, 15) is 4.79 Å². The van der Waals surface area contributed by atoms with Gasteiger partial charge in [0.25, 0.3) is 0 Å². The number of rotatable bonds is 3. The molecule has 1 amide bonds. The molecule has 4 rings (SSSR count). The highest BCUT2D eigenvalue weighted by Gasteiger charge is 2.49. The first-order chi connectivity index (χ1) is 11.7. The van der Waals surface area contributed by atoms with Crippen molar-refractivity contribution in [1.29, 1.82) is 0 Å². The highest BCUT2D eigenvalue weighted by atomic mass is 16.2. The molecule has 4 heterocycles. The van der Waals surface area contributed by atoms with Gasteiger partial charge in [0, 0.05) is 32.5 Å². The SMILES string of the molecule is Cn1ccnc1CN1CCCC2(CCN(c3cncnc3)C2=O)C1. The molecule has 24 heavy (non-hydrogen) atoms. The van der Waals surface area contributed by atoms with Crippen molar-refractivity contribution < 1.29 is 4.79 Å². The van der Waals surface area contributed by atoms with Crippen LogP contribution in [0.1, 0.15) is 25.1 Å². The van der Waals surface area contributed by atoms with Gasteiger partial charge in [-0.1, -0.05) is 0 Å². The van der Waals surface area contributed by atoms with Crippen molar-refractivity contribution in [2.75, 3.05) is 24.5 Å². The number of anilines is 1. The molecular formula is C17H22N6O. The van der Waals surface area contributed by atoms with Gasteiger partial charge >= 0.3 is 0 Å². The van der Waals surface area contributed by atoms with Gasteiger partial charge in [-0.15, -0.1) is 0 Å². The average Bonchev–Trinajstić information content (AvgIpc) is 3.14. The van der Waals surface area contributed by atoms with E-state index in [1.54, 1.807) is 12.4 Å². The first kappa shape index (κ1) is 15.3. The molecule has 0 radical (unpaired) electrons. The van der Waals surface area contributed by atoms with Crippen molar-refractivity contribution in [1.82, 2.24) is 24.4 Å². The third kappa shape index (κ3) is 2.58. The Hall–Kier alpha value is -2.28. The van der Waals surface area contributed by atoms with E-state index in [0.29, 0.717) is 0 Å². The molecule has 2 saturated heterocycles. The number of piperidine rings is 1. The summed E-state index contributed by atoms with van der Waals surface area (Å²) in [4.78, 5) is 29.8. The zero-order valence-electron chi connectivity index (χ0n) is 13.9. The quantitative estimate of drug-likeness (QED) is 0.849. The predicted octanol–water partition coefficient (Wildman–Crippen LogP) is 1.23. The summed E-state index contributed by atoms with van der Waals surface area (Å²) >= 11 is 0. The van der Waals surface area contributed by atoms with Crippen molar-refractivity contribution in [3.63, 3.8) is 0 Å². The Morgan fingerprint density at radius 1 is 1.21 bits per heavy atom. The number of carbonyl (C=O) groups is 1. The van der Waals surface area contributed by atoms with Crippen molar-refractivity contribution in [3.8, 4) is 0 Å². The van der Waals surface area contributed by atoms with Gasteiger partial charge in [-0.2, -0.15) is 0 Å². The first-order valence-corrected chi connectivity index (χ1v) is 8.43. The standard InChI is InChI=1S/C17H22N6O/c1-21-8-5-20-15(21)11-22-6-2-3-17(12-22)4-7-23(16(17)24)14-9-18-13-19-10-14/h5,8-10,13H,2-4,6-7,11-12H2,1H3. The maximum Gasteiger partial charge on any atom is 0.234 e. The zero-order valence-corrected chi connectivity index (χ0v) is 13.9. The molecule has 0 bridgehead atoms. The summed E-state index contributed by atoms with van der Waals surface area (Å²) in [6.07, 6.45) is 11.6. The number of nitrogens with zero attached hydrogens (tertiary/aromatic N) is 6. The van der Waals surface area contributed by atoms with Gasteiger partial charge in [0.05, 0.1) is 30.0 Å². The van der Waals surface area contributed by atoms with Gasteiger partial charge in [-0.05, 0) is 25.8 Å². The number of aromatic nitrogens is 4. The Balaban J connectivity index is 1.51. The predicted molar refractivity (Wildman–Crippen MR) is 89.2 cm³/mol. The van der Waals surface area contributed by atoms with Crippen LogP contribution in [-0.2, 0) is 18.4 Å². The topological polar surface area (TPSA) is 67.2 Å². The molecule has 0 aromatic carbocycles. The number of imidazole rings is 1. The number of carbonyl (C=O) groups excluding carboxylic acids is 1. The zero-order chi connectivity index (χ0) is 16.6. The molecule has 2 aromatic heterocycles. The van der Waals surface area contributed by atoms with E-state index >= 15 is 0 Å². The average molecular weight is 326 g/mol. The second-order valence-electron chi connectivity index (χ2n) is 6.85. The van der Waals surface area contributed by atoms with Crippen LogP contribution in [0.4, 0.5) is 5.69 Å². The molecule has 7 heteroatoms. The number of likely N-dealkylation sites (tertiary alicyclic amines) is 1. The van der Waals surface area contributed by atoms with Crippen LogP contribution in [0.2, 0.25) is 0 Å². The van der Waals surface area contributed by atoms with Gasteiger partial charge in [-0.3, -0.25) is 9.69 Å². The van der Waals surface area contributed by atoms with Gasteiger partial charge in [0.1, 0.15) is 12.2 Å². The molecule has 0 N–H and O–H groups in total. The van der Waals surface area contributed by atoms with Gasteiger partial charge in [0.2, 0.25) is 5.91 Å². The van der Waals surface area contributed by atoms with E-state index in [2.05, 4.69) is 19.9 Å². The summed E-state index contributed by atoms with van der Waals surface area (Å²) in [5.74, 6) is 1.27. The van der Waals surface area contributed by atoms with Crippen molar-refractivity contribution in [2.45, 2.75) is 25.8 Å². The second kappa shape index (κ2) is 5.98. The summed E-state index contributed by atoms with van der Waals surface area (Å²) in [7, 11) is 2.01. The Morgan fingerprint density at radius 3 is 2.79 bits per heavy atom. The van der Waals surface area contributed by atoms with Gasteiger partial charge < -0.3 is 9.47 Å². The second-order valence-corrected chi connectivity index (χ2v) is 6.85. The third-order valence-electron chi connectivity index (χ3n) is 5.31. The van der Waals surface area contributed by atoms with Crippen LogP contribution in [0, 0.1) is 5.41 Å². The maximum atomic E-state index is 13.1. The van der Waals surface area contributed by atoms with Gasteiger partial charge in [-0.25, -0.2) is 15.0 Å². The smallest absolute Gasteiger partial charge is 0.234 e. The van der Waals surface area contributed by atoms with E-state index in [-0.39, 0.29) is 11.3 Å². The third-order valence-corrected chi connectivity index (χ3v) is 5.31. The molecule has 7 nitrogen and oxygen atoms in total. The van der Waals surface area contributed by atoms with Crippen LogP contribution < -0.4 is 4.90 Å². The van der Waals surface area contributed by atoms with Crippen molar-refractivity contribution in [2.24, 2.45) is 12.5 Å². The maximum absolute atomic E-state index is 13.1. The summed E-state index contributed by atoms with van der Waals surface area (Å²) in [5.41, 5.74) is 0.541. The summed E-state index contributed by atoms with van der Waals surface area (Å²) in [5, 5.41) is 0. The van der Waals surface area contributed by atoms with E-state index < -0.39 is 0 Å². The molecule has 1 spiro atoms. The van der Waals surface area contributed by atoms with Crippen LogP contribution in [0.15, 0.2) is 31.1 Å². The van der Waals surface area contributed by atoms with Crippen LogP contribution in [0.5, 0.6) is 0 Å². The lowest BCUT2D eigenvalue weighted by Crippen LogP contribution is -2.47. The number of hydrogen-bond donors (Lipinski definition) is 0. The summed E-state index contributed by atoms with van der Waals surface area (Å²) in [6, 6.07) is 0. The summed E-state index contributed by atoms with van der Waals surface area (Å²) in [6.45, 7) is 3.38. The van der Waals surface area contributed by atoms with Gasteiger partial charge in [0.15, 0.2) is 0 Å². The Morgan fingerprint density at radius 2 is 2.04 bits per heavy atom. The molecule has 126 valence electrons. The largest absolute Gasteiger partial charge is 0.337 e. The molecule has 2 aliphatic heterocycles. The number of aryl methyl sites for hydroxylation is 1. The van der Waals surface area contributed by atoms with Crippen LogP contribution in [-0.4, -0.2) is 50.0 Å². The minimum Gasteiger partial charge on any atom is -0.337 e. The van der Waals surface area contributed by atoms with Crippen LogP contribution >= 0.6 is 0 Å². The van der Waals surface area contributed by atoms with Crippen molar-refractivity contribution >= 4 is 11.6 Å². The number of hydrogen-bond acceptors (Lipinski definition) is 5. The lowest BCUT2D eigenvalue weighted by atomic mass is 9.78. The van der Waals surface area contributed by atoms with E-state index in [4.69, 9.17) is 0 Å². The van der Waals surface area contributed by atoms with Crippen LogP contribution in [0.3, 0.4) is 0 Å². The highest BCUT2D eigenvalue weighted by Crippen LogP contribution is 2.41. The van der Waals surface area contributed by atoms with Crippen LogP contribution in [0.25, 0.3) is 0 Å². The number of amides is 1. The monoisotopic (exact) mass is 326 g/mol. The Kier molecular flexibility index (Phi) is 3.80. The lowest BCUT2D eigenvalue weighted by Gasteiger charge is -2.38. The molecule has 0 aliphatic carbocycles.